The monoisotopic (exact) mass is 246 g/mol. The predicted molar refractivity (Wildman–Crippen MR) is 71.9 cm³/mol. The van der Waals surface area contributed by atoms with Gasteiger partial charge in [-0.3, -0.25) is 0 Å². The minimum Gasteiger partial charge on any atom is -0.497 e. The molecule has 2 heteroatoms. The second kappa shape index (κ2) is 4.93. The Morgan fingerprint density at radius 2 is 2.06 bits per heavy atom. The lowest BCUT2D eigenvalue weighted by Crippen LogP contribution is -2.27. The second-order valence-electron chi connectivity index (χ2n) is 5.80. The molecule has 3 atom stereocenters. The summed E-state index contributed by atoms with van der Waals surface area (Å²) in [4.78, 5) is 0. The second-order valence-corrected chi connectivity index (χ2v) is 5.80. The molecule has 0 spiro atoms. The number of fused-ring (bicyclic) bond motifs is 1. The molecule has 0 bridgehead atoms. The van der Waals surface area contributed by atoms with Crippen molar-refractivity contribution in [3.05, 3.63) is 29.3 Å². The number of rotatable bonds is 2. The molecule has 2 aliphatic carbocycles. The molecule has 1 N–H and O–H groups in total. The quantitative estimate of drug-likeness (QED) is 0.869. The minimum absolute atomic E-state index is 0.0465. The highest BCUT2D eigenvalue weighted by molar-refractivity contribution is 5.37. The number of aliphatic hydroxyl groups is 1. The van der Waals surface area contributed by atoms with E-state index in [9.17, 15) is 5.11 Å². The number of benzene rings is 1. The Hall–Kier alpha value is -1.02. The van der Waals surface area contributed by atoms with E-state index in [1.54, 1.807) is 7.11 Å². The van der Waals surface area contributed by atoms with E-state index in [1.165, 1.54) is 30.4 Å². The van der Waals surface area contributed by atoms with Crippen molar-refractivity contribution in [1.82, 2.24) is 0 Å². The molecule has 0 amide bonds. The molecule has 1 aromatic rings. The lowest BCUT2D eigenvalue weighted by molar-refractivity contribution is 0.0924. The Labute approximate surface area is 109 Å². The largest absolute Gasteiger partial charge is 0.497 e. The molecule has 0 aliphatic heterocycles. The molecule has 2 aliphatic rings. The third-order valence-electron chi connectivity index (χ3n) is 4.82. The van der Waals surface area contributed by atoms with E-state index in [2.05, 4.69) is 18.2 Å². The normalized spacial score (nSPS) is 31.1. The highest BCUT2D eigenvalue weighted by atomic mass is 16.5. The zero-order valence-electron chi connectivity index (χ0n) is 11.1. The van der Waals surface area contributed by atoms with Crippen molar-refractivity contribution in [2.75, 3.05) is 7.11 Å². The van der Waals surface area contributed by atoms with E-state index in [-0.39, 0.29) is 6.10 Å². The Balaban J connectivity index is 1.77. The number of aliphatic hydroxyl groups excluding tert-OH is 1. The van der Waals surface area contributed by atoms with Crippen LogP contribution in [0.2, 0.25) is 0 Å². The summed E-state index contributed by atoms with van der Waals surface area (Å²) in [7, 11) is 1.72. The van der Waals surface area contributed by atoms with Crippen molar-refractivity contribution >= 4 is 0 Å². The summed E-state index contributed by atoms with van der Waals surface area (Å²) < 4.78 is 5.28. The molecule has 1 aromatic carbocycles. The van der Waals surface area contributed by atoms with Crippen molar-refractivity contribution in [2.24, 2.45) is 11.8 Å². The van der Waals surface area contributed by atoms with E-state index in [4.69, 9.17) is 4.74 Å². The molecular formula is C16H22O2. The SMILES string of the molecule is COc1ccc2c(c1)CC[C@H]([C@@H]1CCC[C@H]1O)C2. The van der Waals surface area contributed by atoms with Gasteiger partial charge >= 0.3 is 0 Å². The highest BCUT2D eigenvalue weighted by Gasteiger charge is 2.34. The van der Waals surface area contributed by atoms with Crippen LogP contribution in [0.1, 0.15) is 36.8 Å². The van der Waals surface area contributed by atoms with Crippen LogP contribution in [0, 0.1) is 11.8 Å². The lowest BCUT2D eigenvalue weighted by atomic mass is 9.75. The maximum absolute atomic E-state index is 10.1. The molecule has 18 heavy (non-hydrogen) atoms. The van der Waals surface area contributed by atoms with E-state index < -0.39 is 0 Å². The Morgan fingerprint density at radius 3 is 2.78 bits per heavy atom. The van der Waals surface area contributed by atoms with Gasteiger partial charge in [0.05, 0.1) is 13.2 Å². The summed E-state index contributed by atoms with van der Waals surface area (Å²) in [6.07, 6.45) is 6.89. The lowest BCUT2D eigenvalue weighted by Gasteiger charge is -2.31. The van der Waals surface area contributed by atoms with Gasteiger partial charge in [0.2, 0.25) is 0 Å². The number of hydrogen-bond acceptors (Lipinski definition) is 2. The molecule has 1 saturated carbocycles. The number of aryl methyl sites for hydroxylation is 1. The fraction of sp³-hybridized carbons (Fsp3) is 0.625. The number of methoxy groups -OCH3 is 1. The average Bonchev–Trinajstić information content (AvgIpc) is 2.84. The summed E-state index contributed by atoms with van der Waals surface area (Å²) in [6, 6.07) is 6.45. The van der Waals surface area contributed by atoms with Crippen LogP contribution in [0.5, 0.6) is 5.75 Å². The Kier molecular flexibility index (Phi) is 3.29. The van der Waals surface area contributed by atoms with Crippen molar-refractivity contribution < 1.29 is 9.84 Å². The first-order valence-corrected chi connectivity index (χ1v) is 7.12. The summed E-state index contributed by atoms with van der Waals surface area (Å²) in [5, 5.41) is 10.1. The standard InChI is InChI=1S/C16H22O2/c1-18-14-8-7-11-9-13(6-5-12(11)10-14)15-3-2-4-16(15)17/h7-8,10,13,15-17H,2-6,9H2,1H3/t13-,15-,16+/m0/s1. The third-order valence-corrected chi connectivity index (χ3v) is 4.82. The van der Waals surface area contributed by atoms with E-state index in [1.807, 2.05) is 0 Å². The van der Waals surface area contributed by atoms with Crippen LogP contribution in [0.3, 0.4) is 0 Å². The fourth-order valence-corrected chi connectivity index (χ4v) is 3.77. The summed E-state index contributed by atoms with van der Waals surface area (Å²) in [5.41, 5.74) is 2.91. The first kappa shape index (κ1) is 12.0. The van der Waals surface area contributed by atoms with Gasteiger partial charge in [0.15, 0.2) is 0 Å². The van der Waals surface area contributed by atoms with Crippen LogP contribution in [-0.2, 0) is 12.8 Å². The van der Waals surface area contributed by atoms with E-state index >= 15 is 0 Å². The maximum atomic E-state index is 10.1. The first-order valence-electron chi connectivity index (χ1n) is 7.12. The predicted octanol–water partition coefficient (Wildman–Crippen LogP) is 2.96. The average molecular weight is 246 g/mol. The molecule has 1 fully saturated rings. The highest BCUT2D eigenvalue weighted by Crippen LogP contribution is 2.39. The molecule has 98 valence electrons. The van der Waals surface area contributed by atoms with Crippen LogP contribution < -0.4 is 4.74 Å². The summed E-state index contributed by atoms with van der Waals surface area (Å²) in [5.74, 6) is 2.19. The molecule has 2 nitrogen and oxygen atoms in total. The Bertz CT molecular complexity index is 427. The van der Waals surface area contributed by atoms with E-state index in [0.717, 1.165) is 25.0 Å². The van der Waals surface area contributed by atoms with Gasteiger partial charge in [0, 0.05) is 0 Å². The zero-order chi connectivity index (χ0) is 12.5. The maximum Gasteiger partial charge on any atom is 0.119 e. The third kappa shape index (κ3) is 2.14. The molecule has 3 rings (SSSR count). The zero-order valence-corrected chi connectivity index (χ0v) is 11.1. The van der Waals surface area contributed by atoms with Crippen LogP contribution >= 0.6 is 0 Å². The van der Waals surface area contributed by atoms with Crippen molar-refractivity contribution in [1.29, 1.82) is 0 Å². The van der Waals surface area contributed by atoms with E-state index in [0.29, 0.717) is 11.8 Å². The molecule has 0 unspecified atom stereocenters. The smallest absolute Gasteiger partial charge is 0.119 e. The fourth-order valence-electron chi connectivity index (χ4n) is 3.77. The van der Waals surface area contributed by atoms with Crippen LogP contribution in [0.4, 0.5) is 0 Å². The molecule has 0 radical (unpaired) electrons. The van der Waals surface area contributed by atoms with Crippen molar-refractivity contribution in [3.63, 3.8) is 0 Å². The number of ether oxygens (including phenoxy) is 1. The van der Waals surface area contributed by atoms with Crippen LogP contribution in [0.25, 0.3) is 0 Å². The molecule has 0 saturated heterocycles. The molecule has 0 heterocycles. The van der Waals surface area contributed by atoms with Gasteiger partial charge in [-0.05, 0) is 67.2 Å². The van der Waals surface area contributed by atoms with Gasteiger partial charge in [0.25, 0.3) is 0 Å². The molecular weight excluding hydrogens is 224 g/mol. The summed E-state index contributed by atoms with van der Waals surface area (Å²) in [6.45, 7) is 0. The van der Waals surface area contributed by atoms with Gasteiger partial charge in [-0.2, -0.15) is 0 Å². The Morgan fingerprint density at radius 1 is 1.17 bits per heavy atom. The van der Waals surface area contributed by atoms with Gasteiger partial charge in [-0.25, -0.2) is 0 Å². The van der Waals surface area contributed by atoms with Gasteiger partial charge in [0.1, 0.15) is 5.75 Å². The first-order chi connectivity index (χ1) is 8.78. The summed E-state index contributed by atoms with van der Waals surface area (Å²) >= 11 is 0. The van der Waals surface area contributed by atoms with Gasteiger partial charge in [-0.15, -0.1) is 0 Å². The van der Waals surface area contributed by atoms with Gasteiger partial charge in [-0.1, -0.05) is 12.5 Å². The van der Waals surface area contributed by atoms with Gasteiger partial charge < -0.3 is 9.84 Å². The van der Waals surface area contributed by atoms with Crippen molar-refractivity contribution in [2.45, 2.75) is 44.6 Å². The van der Waals surface area contributed by atoms with Crippen molar-refractivity contribution in [3.8, 4) is 5.75 Å². The van der Waals surface area contributed by atoms with Crippen LogP contribution in [-0.4, -0.2) is 18.3 Å². The minimum atomic E-state index is -0.0465. The molecule has 0 aromatic heterocycles. The number of hydrogen-bond donors (Lipinski definition) is 1. The van der Waals surface area contributed by atoms with Crippen LogP contribution in [0.15, 0.2) is 18.2 Å². The topological polar surface area (TPSA) is 29.5 Å².